The van der Waals surface area contributed by atoms with E-state index in [2.05, 4.69) is 59.1 Å². The average molecular weight is 1560 g/mol. The first kappa shape index (κ1) is 82.2. The van der Waals surface area contributed by atoms with E-state index >= 15 is 105 Å². The van der Waals surface area contributed by atoms with Crippen molar-refractivity contribution >= 4 is 69.9 Å². The van der Waals surface area contributed by atoms with Crippen LogP contribution in [0, 0.1) is 150 Å². The number of hydrogen-bond donors (Lipinski definition) is 0. The Morgan fingerprint density at radius 2 is 0.327 bits per heavy atom. The zero-order valence-corrected chi connectivity index (χ0v) is 50.1. The first-order chi connectivity index (χ1) is 50.3. The molecular formula is C52H16F24N18O13. The minimum absolute atomic E-state index is 1.84. The third-order valence-electron chi connectivity index (χ3n) is 13.4. The lowest BCUT2D eigenvalue weighted by Crippen LogP contribution is -2.47. The molecule has 0 aliphatic heterocycles. The van der Waals surface area contributed by atoms with E-state index in [-0.39, 0.29) is 0 Å². The molecule has 0 amide bonds. The lowest BCUT2D eigenvalue weighted by atomic mass is 9.90. The number of azide groups is 6. The molecule has 0 aromatic heterocycles. The van der Waals surface area contributed by atoms with Crippen LogP contribution in [0.25, 0.3) is 62.7 Å². The number of rotatable bonds is 28. The Morgan fingerprint density at radius 3 is 0.430 bits per heavy atom. The Balaban J connectivity index is 1.68. The van der Waals surface area contributed by atoms with Crippen molar-refractivity contribution in [3.8, 4) is 0 Å². The van der Waals surface area contributed by atoms with Crippen LogP contribution in [0.5, 0.6) is 0 Å². The van der Waals surface area contributed by atoms with Crippen molar-refractivity contribution in [2.75, 3.05) is 52.9 Å². The number of halogens is 24. The fourth-order valence-corrected chi connectivity index (χ4v) is 8.32. The van der Waals surface area contributed by atoms with Crippen molar-refractivity contribution in [3.63, 3.8) is 0 Å². The molecule has 0 aliphatic carbocycles. The topological polar surface area (TPSA) is 460 Å². The molecule has 0 aliphatic rings. The van der Waals surface area contributed by atoms with E-state index in [0.717, 1.165) is 0 Å². The van der Waals surface area contributed by atoms with Crippen molar-refractivity contribution in [3.05, 3.63) is 236 Å². The first-order valence-corrected chi connectivity index (χ1v) is 26.4. The quantitative estimate of drug-likeness (QED) is 0.00839. The number of benzene rings is 6. The second kappa shape index (κ2) is 33.6. The Morgan fingerprint density at radius 1 is 0.215 bits per heavy atom. The van der Waals surface area contributed by atoms with Crippen LogP contribution >= 0.6 is 0 Å². The molecule has 0 bridgehead atoms. The van der Waals surface area contributed by atoms with Crippen LogP contribution < -0.4 is 0 Å². The summed E-state index contributed by atoms with van der Waals surface area (Å²) in [5, 5.41) is 13.7. The molecule has 107 heavy (non-hydrogen) atoms. The van der Waals surface area contributed by atoms with Crippen LogP contribution in [0.3, 0.4) is 0 Å². The molecule has 0 saturated carbocycles. The van der Waals surface area contributed by atoms with Crippen LogP contribution in [0.15, 0.2) is 30.7 Å². The zero-order chi connectivity index (χ0) is 80.3. The number of carbonyl (C=O) groups excluding carboxylic acids is 6. The maximum Gasteiger partial charge on any atom is 0.344 e. The highest BCUT2D eigenvalue weighted by atomic mass is 19.2. The summed E-state index contributed by atoms with van der Waals surface area (Å²) in [7, 11) is 0. The van der Waals surface area contributed by atoms with Gasteiger partial charge in [-0.25, -0.2) is 134 Å². The summed E-state index contributed by atoms with van der Waals surface area (Å²) in [6.07, 6.45) is 0. The van der Waals surface area contributed by atoms with Crippen LogP contribution in [0.1, 0.15) is 62.1 Å². The van der Waals surface area contributed by atoms with Crippen molar-refractivity contribution < 1.29 is 167 Å². The molecular weight excluding hydrogens is 1540 g/mol. The van der Waals surface area contributed by atoms with Gasteiger partial charge in [0, 0.05) is 29.5 Å². The molecule has 560 valence electrons. The van der Waals surface area contributed by atoms with Crippen molar-refractivity contribution in [1.29, 1.82) is 0 Å². The smallest absolute Gasteiger partial charge is 0.344 e. The van der Waals surface area contributed by atoms with Crippen molar-refractivity contribution in [2.24, 2.45) is 41.5 Å². The average Bonchev–Trinajstić information content (AvgIpc) is 0.804. The van der Waals surface area contributed by atoms with Gasteiger partial charge in [-0.05, 0) is 33.2 Å². The summed E-state index contributed by atoms with van der Waals surface area (Å²) >= 11 is 0. The van der Waals surface area contributed by atoms with Crippen LogP contribution in [0.2, 0.25) is 0 Å². The van der Waals surface area contributed by atoms with Gasteiger partial charge < -0.3 is 33.2 Å². The molecule has 55 heteroatoms. The van der Waals surface area contributed by atoms with Crippen molar-refractivity contribution in [2.45, 2.75) is 0 Å². The molecule has 0 fully saturated rings. The second-order valence-electron chi connectivity index (χ2n) is 20.0. The van der Waals surface area contributed by atoms with E-state index < -0.39 is 307 Å². The minimum Gasteiger partial charge on any atom is -0.461 e. The molecule has 0 saturated heterocycles. The molecule has 31 nitrogen and oxygen atoms in total. The van der Waals surface area contributed by atoms with Gasteiger partial charge in [0.05, 0.1) is 24.0 Å². The van der Waals surface area contributed by atoms with Crippen LogP contribution in [-0.4, -0.2) is 88.7 Å². The number of hydrogen-bond acceptors (Lipinski definition) is 19. The Hall–Kier alpha value is -13.7. The third-order valence-corrected chi connectivity index (χ3v) is 13.4. The molecule has 0 heterocycles. The normalized spacial score (nSPS) is 11.9. The van der Waals surface area contributed by atoms with Gasteiger partial charge >= 0.3 is 35.8 Å². The van der Waals surface area contributed by atoms with E-state index in [1.54, 1.807) is 0 Å². The standard InChI is InChI=1S/C52H16F24N18O13/c53-15-9(16(54)28(66)39(27(15)65)83-89-77)45(95)102-3-51(4-103-46(96)10-17(55)29(67)40(84-90-78)30(68)18(10)56,5-104-47(97)11-19(57)31(69)41(85-91-79)32(70)20(11)58)1-101-2-52(6-105-48(98)12-21(59)33(71)42(86-92-80)34(72)22(12)60,7-106-49(99)13-23(61)35(73)43(87-93-81)36(74)24(13)62)8-107-50(100)14-25(63)37(75)44(88-94-82)38(76)26(14)64/h1-8H2. The predicted octanol–water partition coefficient (Wildman–Crippen LogP) is 17.1. The molecule has 0 atom stereocenters. The molecule has 6 aromatic carbocycles. The third kappa shape index (κ3) is 16.1. The van der Waals surface area contributed by atoms with Gasteiger partial charge in [0.15, 0.2) is 140 Å². The fraction of sp³-hybridized carbons (Fsp3) is 0.192. The summed E-state index contributed by atoms with van der Waals surface area (Å²) in [4.78, 5) is 92.9. The minimum atomic E-state index is -3.87. The van der Waals surface area contributed by atoms with Gasteiger partial charge in [-0.1, -0.05) is 30.7 Å². The molecule has 0 spiro atoms. The molecule has 6 aromatic rings. The summed E-state index contributed by atoms with van der Waals surface area (Å²) in [5.41, 5.74) is 14.9. The van der Waals surface area contributed by atoms with Gasteiger partial charge in [0.25, 0.3) is 0 Å². The summed E-state index contributed by atoms with van der Waals surface area (Å²) in [5.74, 6) is -87.1. The lowest BCUT2D eigenvalue weighted by molar-refractivity contribution is -0.112. The second-order valence-corrected chi connectivity index (χ2v) is 20.0. The monoisotopic (exact) mass is 1560 g/mol. The first-order valence-electron chi connectivity index (χ1n) is 26.4. The van der Waals surface area contributed by atoms with Gasteiger partial charge in [0.1, 0.15) is 107 Å². The SMILES string of the molecule is [N-]=[N+]=Nc1c(F)c(F)c(C(=O)OCC(COCC(COC(=O)c2c(F)c(F)c(N=[N+]=[N-])c(F)c2F)(COC(=O)c2c(F)c(F)c(N=[N+]=[N-])c(F)c2F)COC(=O)c2c(F)c(F)c(N=[N+]=[N-])c(F)c2F)(COC(=O)c2c(F)c(F)c(N=[N+]=[N-])c(F)c2F)COC(=O)c2c(F)c(F)c(N=[N+]=[N-])c(F)c2F)c(F)c1F. The molecule has 6 rings (SSSR count). The molecule has 0 N–H and O–H groups in total. The van der Waals surface area contributed by atoms with Gasteiger partial charge in [-0.3, -0.25) is 0 Å². The molecule has 0 radical (unpaired) electrons. The number of esters is 6. The maximum atomic E-state index is 15.5. The highest BCUT2D eigenvalue weighted by Gasteiger charge is 2.46. The van der Waals surface area contributed by atoms with Gasteiger partial charge in [-0.15, -0.1) is 0 Å². The Labute approximate surface area is 566 Å². The number of ether oxygens (including phenoxy) is 7. The number of nitrogens with zero attached hydrogens (tertiary/aromatic N) is 18. The van der Waals surface area contributed by atoms with E-state index in [0.29, 0.717) is 0 Å². The summed E-state index contributed by atoms with van der Waals surface area (Å²) < 4.78 is 400. The highest BCUT2D eigenvalue weighted by molar-refractivity contribution is 5.94. The Bertz CT molecular complexity index is 4190. The van der Waals surface area contributed by atoms with Gasteiger partial charge in [-0.2, -0.15) is 0 Å². The predicted molar refractivity (Wildman–Crippen MR) is 288 cm³/mol. The number of carbonyl (C=O) groups is 6. The fourth-order valence-electron chi connectivity index (χ4n) is 8.32. The van der Waals surface area contributed by atoms with Crippen LogP contribution in [-0.2, 0) is 33.2 Å². The van der Waals surface area contributed by atoms with E-state index in [9.17, 15) is 28.8 Å². The lowest BCUT2D eigenvalue weighted by Gasteiger charge is -2.35. The molecule has 0 unspecified atom stereocenters. The van der Waals surface area contributed by atoms with Crippen LogP contribution in [0.4, 0.5) is 139 Å². The highest BCUT2D eigenvalue weighted by Crippen LogP contribution is 2.40. The largest absolute Gasteiger partial charge is 0.461 e. The van der Waals surface area contributed by atoms with E-state index in [1.807, 2.05) is 29.5 Å². The van der Waals surface area contributed by atoms with E-state index in [1.165, 1.54) is 0 Å². The summed E-state index contributed by atoms with van der Waals surface area (Å²) in [6, 6.07) is 0. The maximum absolute atomic E-state index is 15.5. The summed E-state index contributed by atoms with van der Waals surface area (Å²) in [6.45, 7) is -19.8. The van der Waals surface area contributed by atoms with Crippen molar-refractivity contribution in [1.82, 2.24) is 0 Å². The Kier molecular flexibility index (Phi) is 25.8. The van der Waals surface area contributed by atoms with E-state index in [4.69, 9.17) is 37.9 Å². The zero-order valence-electron chi connectivity index (χ0n) is 50.1. The van der Waals surface area contributed by atoms with Gasteiger partial charge in [0.2, 0.25) is 0 Å².